The summed E-state index contributed by atoms with van der Waals surface area (Å²) < 4.78 is 36.1. The number of hydrogen-bond acceptors (Lipinski definition) is 5. The third kappa shape index (κ3) is 7.87. The molecule has 7 nitrogen and oxygen atoms in total. The van der Waals surface area contributed by atoms with Gasteiger partial charge in [-0.1, -0.05) is 13.0 Å². The van der Waals surface area contributed by atoms with Crippen molar-refractivity contribution in [2.24, 2.45) is 0 Å². The SMILES string of the molecule is CCCOc1ccc(C=CC(=O)Nc2ccc(NS(C)(=O)=O)cc2)cc1OCC. The van der Waals surface area contributed by atoms with E-state index in [1.807, 2.05) is 32.0 Å². The lowest BCUT2D eigenvalue weighted by Crippen LogP contribution is -2.10. The van der Waals surface area contributed by atoms with Crippen molar-refractivity contribution in [3.63, 3.8) is 0 Å². The Hall–Kier alpha value is -3.00. The quantitative estimate of drug-likeness (QED) is 0.571. The minimum atomic E-state index is -3.34. The van der Waals surface area contributed by atoms with Gasteiger partial charge in [-0.05, 0) is 61.4 Å². The number of carbonyl (C=O) groups is 1. The summed E-state index contributed by atoms with van der Waals surface area (Å²) in [6, 6.07) is 11.9. The number of carbonyl (C=O) groups excluding carboxylic acids is 1. The van der Waals surface area contributed by atoms with Crippen LogP contribution in [0, 0.1) is 0 Å². The molecule has 0 fully saturated rings. The van der Waals surface area contributed by atoms with E-state index in [-0.39, 0.29) is 5.91 Å². The van der Waals surface area contributed by atoms with Gasteiger partial charge in [0.2, 0.25) is 15.9 Å². The molecule has 0 aliphatic rings. The van der Waals surface area contributed by atoms with E-state index >= 15 is 0 Å². The van der Waals surface area contributed by atoms with Gasteiger partial charge in [-0.2, -0.15) is 0 Å². The van der Waals surface area contributed by atoms with Crippen molar-refractivity contribution in [2.75, 3.05) is 29.5 Å². The standard InChI is InChI=1S/C21H26N2O5S/c1-4-14-28-19-12-6-16(15-20(19)27-5-2)7-13-21(24)22-17-8-10-18(11-9-17)23-29(3,25)26/h6-13,15,23H,4-5,14H2,1-3H3,(H,22,24). The number of anilines is 2. The average molecular weight is 419 g/mol. The summed E-state index contributed by atoms with van der Waals surface area (Å²) in [7, 11) is -3.34. The first-order valence-corrected chi connectivity index (χ1v) is 11.2. The number of sulfonamides is 1. The largest absolute Gasteiger partial charge is 0.490 e. The third-order valence-electron chi connectivity index (χ3n) is 3.61. The molecule has 2 aromatic carbocycles. The molecule has 0 saturated carbocycles. The Morgan fingerprint density at radius 1 is 1.00 bits per heavy atom. The molecule has 0 aliphatic heterocycles. The summed E-state index contributed by atoms with van der Waals surface area (Å²) in [5.41, 5.74) is 1.78. The van der Waals surface area contributed by atoms with E-state index in [1.54, 1.807) is 30.3 Å². The lowest BCUT2D eigenvalue weighted by molar-refractivity contribution is -0.111. The first kappa shape index (κ1) is 22.3. The maximum absolute atomic E-state index is 12.2. The Balaban J connectivity index is 2.01. The normalized spacial score (nSPS) is 11.3. The fraction of sp³-hybridized carbons (Fsp3) is 0.286. The van der Waals surface area contributed by atoms with Crippen LogP contribution in [0.1, 0.15) is 25.8 Å². The van der Waals surface area contributed by atoms with Gasteiger partial charge in [0.15, 0.2) is 11.5 Å². The Kier molecular flexibility index (Phi) is 8.09. The highest BCUT2D eigenvalue weighted by Crippen LogP contribution is 2.29. The smallest absolute Gasteiger partial charge is 0.248 e. The van der Waals surface area contributed by atoms with Crippen LogP contribution in [0.15, 0.2) is 48.5 Å². The topological polar surface area (TPSA) is 93.7 Å². The second kappa shape index (κ2) is 10.5. The van der Waals surface area contributed by atoms with Crippen LogP contribution in [0.5, 0.6) is 11.5 Å². The van der Waals surface area contributed by atoms with Gasteiger partial charge in [0.05, 0.1) is 19.5 Å². The van der Waals surface area contributed by atoms with Crippen LogP contribution >= 0.6 is 0 Å². The molecule has 0 spiro atoms. The van der Waals surface area contributed by atoms with Crippen LogP contribution in [-0.4, -0.2) is 33.8 Å². The number of rotatable bonds is 10. The van der Waals surface area contributed by atoms with Crippen LogP contribution in [0.4, 0.5) is 11.4 Å². The van der Waals surface area contributed by atoms with Gasteiger partial charge in [0, 0.05) is 17.5 Å². The summed E-state index contributed by atoms with van der Waals surface area (Å²) in [6.45, 7) is 5.05. The zero-order valence-electron chi connectivity index (χ0n) is 16.8. The number of benzene rings is 2. The summed E-state index contributed by atoms with van der Waals surface area (Å²) in [5, 5.41) is 2.72. The molecule has 0 aromatic heterocycles. The van der Waals surface area contributed by atoms with Crippen LogP contribution in [0.3, 0.4) is 0 Å². The van der Waals surface area contributed by atoms with E-state index in [9.17, 15) is 13.2 Å². The maximum Gasteiger partial charge on any atom is 0.248 e. The van der Waals surface area contributed by atoms with Gasteiger partial charge >= 0.3 is 0 Å². The van der Waals surface area contributed by atoms with Gasteiger partial charge in [0.1, 0.15) is 0 Å². The fourth-order valence-corrected chi connectivity index (χ4v) is 2.98. The van der Waals surface area contributed by atoms with Gasteiger partial charge in [0.25, 0.3) is 0 Å². The Bertz CT molecular complexity index is 954. The molecule has 0 saturated heterocycles. The number of ether oxygens (including phenoxy) is 2. The maximum atomic E-state index is 12.2. The second-order valence-electron chi connectivity index (χ2n) is 6.26. The average Bonchev–Trinajstić information content (AvgIpc) is 2.66. The second-order valence-corrected chi connectivity index (χ2v) is 8.01. The van der Waals surface area contributed by atoms with Crippen molar-refractivity contribution >= 4 is 33.4 Å². The monoisotopic (exact) mass is 418 g/mol. The van der Waals surface area contributed by atoms with Crippen molar-refractivity contribution in [2.45, 2.75) is 20.3 Å². The molecule has 0 bridgehead atoms. The van der Waals surface area contributed by atoms with Crippen molar-refractivity contribution in [3.05, 3.63) is 54.1 Å². The van der Waals surface area contributed by atoms with E-state index in [4.69, 9.17) is 9.47 Å². The highest BCUT2D eigenvalue weighted by Gasteiger charge is 2.06. The van der Waals surface area contributed by atoms with Gasteiger partial charge in [-0.3, -0.25) is 9.52 Å². The zero-order chi connectivity index (χ0) is 21.3. The molecule has 2 N–H and O–H groups in total. The third-order valence-corrected chi connectivity index (χ3v) is 4.22. The highest BCUT2D eigenvalue weighted by molar-refractivity contribution is 7.92. The van der Waals surface area contributed by atoms with Crippen LogP contribution in [0.2, 0.25) is 0 Å². The first-order chi connectivity index (χ1) is 13.8. The van der Waals surface area contributed by atoms with Crippen molar-refractivity contribution in [3.8, 4) is 11.5 Å². The minimum absolute atomic E-state index is 0.307. The Morgan fingerprint density at radius 2 is 1.69 bits per heavy atom. The van der Waals surface area contributed by atoms with E-state index in [2.05, 4.69) is 10.0 Å². The fourth-order valence-electron chi connectivity index (χ4n) is 2.42. The Labute approximate surface area is 171 Å². The molecular weight excluding hydrogens is 392 g/mol. The molecule has 0 atom stereocenters. The molecule has 0 unspecified atom stereocenters. The molecule has 1 amide bonds. The number of nitrogens with one attached hydrogen (secondary N) is 2. The summed E-state index contributed by atoms with van der Waals surface area (Å²) in [4.78, 5) is 12.2. The number of amides is 1. The molecule has 2 aromatic rings. The molecule has 2 rings (SSSR count). The molecule has 8 heteroatoms. The van der Waals surface area contributed by atoms with Crippen molar-refractivity contribution in [1.29, 1.82) is 0 Å². The molecule has 156 valence electrons. The summed E-state index contributed by atoms with van der Waals surface area (Å²) in [5.74, 6) is 1.01. The van der Waals surface area contributed by atoms with E-state index in [1.165, 1.54) is 6.08 Å². The van der Waals surface area contributed by atoms with Crippen molar-refractivity contribution in [1.82, 2.24) is 0 Å². The number of hydrogen-bond donors (Lipinski definition) is 2. The lowest BCUT2D eigenvalue weighted by atomic mass is 10.2. The van der Waals surface area contributed by atoms with Crippen LogP contribution in [-0.2, 0) is 14.8 Å². The molecule has 0 heterocycles. The van der Waals surface area contributed by atoms with Crippen molar-refractivity contribution < 1.29 is 22.7 Å². The molecular formula is C21H26N2O5S. The van der Waals surface area contributed by atoms with Crippen LogP contribution in [0.25, 0.3) is 6.08 Å². The first-order valence-electron chi connectivity index (χ1n) is 9.27. The summed E-state index contributed by atoms with van der Waals surface area (Å²) in [6.07, 6.45) is 5.08. The lowest BCUT2D eigenvalue weighted by Gasteiger charge is -2.12. The molecule has 29 heavy (non-hydrogen) atoms. The van der Waals surface area contributed by atoms with E-state index in [0.29, 0.717) is 36.1 Å². The van der Waals surface area contributed by atoms with E-state index < -0.39 is 10.0 Å². The Morgan fingerprint density at radius 3 is 2.31 bits per heavy atom. The predicted molar refractivity (Wildman–Crippen MR) is 116 cm³/mol. The predicted octanol–water partition coefficient (Wildman–Crippen LogP) is 3.90. The zero-order valence-corrected chi connectivity index (χ0v) is 17.6. The molecule has 0 radical (unpaired) electrons. The van der Waals surface area contributed by atoms with Gasteiger partial charge in [-0.15, -0.1) is 0 Å². The van der Waals surface area contributed by atoms with Gasteiger partial charge < -0.3 is 14.8 Å². The minimum Gasteiger partial charge on any atom is -0.490 e. The van der Waals surface area contributed by atoms with E-state index in [0.717, 1.165) is 18.2 Å². The molecule has 0 aliphatic carbocycles. The summed E-state index contributed by atoms with van der Waals surface area (Å²) >= 11 is 0. The highest BCUT2D eigenvalue weighted by atomic mass is 32.2. The van der Waals surface area contributed by atoms with Gasteiger partial charge in [-0.25, -0.2) is 8.42 Å². The van der Waals surface area contributed by atoms with Crippen LogP contribution < -0.4 is 19.5 Å².